The Hall–Kier alpha value is -1.50. The number of nitrogens with zero attached hydrogens (tertiary/aromatic N) is 4. The summed E-state index contributed by atoms with van der Waals surface area (Å²) in [6.07, 6.45) is 4.25. The second-order valence-electron chi connectivity index (χ2n) is 7.20. The Labute approximate surface area is 161 Å². The van der Waals surface area contributed by atoms with Crippen LogP contribution in [-0.2, 0) is 13.6 Å². The molecule has 1 atom stereocenters. The van der Waals surface area contributed by atoms with Crippen LogP contribution in [0.2, 0.25) is 0 Å². The first kappa shape index (κ1) is 19.3. The molecular formula is C20H30N4OS. The number of rotatable bonds is 6. The highest BCUT2D eigenvalue weighted by Gasteiger charge is 2.30. The molecule has 0 amide bonds. The fourth-order valence-electron chi connectivity index (χ4n) is 3.82. The van der Waals surface area contributed by atoms with Gasteiger partial charge in [0.15, 0.2) is 0 Å². The minimum atomic E-state index is 0.403. The van der Waals surface area contributed by atoms with Crippen LogP contribution in [0.3, 0.4) is 0 Å². The van der Waals surface area contributed by atoms with E-state index in [4.69, 9.17) is 4.74 Å². The summed E-state index contributed by atoms with van der Waals surface area (Å²) >= 11 is 1.85. The van der Waals surface area contributed by atoms with Gasteiger partial charge in [-0.2, -0.15) is 0 Å². The second-order valence-corrected chi connectivity index (χ2v) is 8.03. The van der Waals surface area contributed by atoms with Crippen molar-refractivity contribution in [3.8, 4) is 5.88 Å². The van der Waals surface area contributed by atoms with E-state index in [0.717, 1.165) is 37.6 Å². The summed E-state index contributed by atoms with van der Waals surface area (Å²) in [6, 6.07) is 9.31. The molecule has 1 fully saturated rings. The molecule has 142 valence electrons. The summed E-state index contributed by atoms with van der Waals surface area (Å²) in [5.74, 6) is 1.27. The van der Waals surface area contributed by atoms with E-state index in [9.17, 15) is 0 Å². The smallest absolute Gasteiger partial charge is 0.237 e. The van der Waals surface area contributed by atoms with E-state index in [0.29, 0.717) is 12.0 Å². The van der Waals surface area contributed by atoms with Crippen LogP contribution in [-0.4, -0.2) is 52.0 Å². The lowest BCUT2D eigenvalue weighted by Gasteiger charge is -2.41. The Bertz CT molecular complexity index is 730. The summed E-state index contributed by atoms with van der Waals surface area (Å²) in [7, 11) is 3.64. The topological polar surface area (TPSA) is 33.5 Å². The minimum absolute atomic E-state index is 0.403. The molecule has 1 aliphatic heterocycles. The largest absolute Gasteiger partial charge is 0.480 e. The predicted octanol–water partition coefficient (Wildman–Crippen LogP) is 3.69. The lowest BCUT2D eigenvalue weighted by atomic mass is 9.91. The van der Waals surface area contributed by atoms with Crippen LogP contribution in [0.4, 0.5) is 0 Å². The molecule has 2 heterocycles. The number of piperazine rings is 1. The number of hydrogen-bond donors (Lipinski definition) is 0. The zero-order chi connectivity index (χ0) is 18.7. The molecule has 0 radical (unpaired) electrons. The second kappa shape index (κ2) is 8.46. The molecule has 0 bridgehead atoms. The quantitative estimate of drug-likeness (QED) is 0.720. The van der Waals surface area contributed by atoms with Crippen LogP contribution in [0, 0.1) is 0 Å². The van der Waals surface area contributed by atoms with Crippen LogP contribution in [0.1, 0.15) is 42.5 Å². The Balaban J connectivity index is 1.83. The van der Waals surface area contributed by atoms with Gasteiger partial charge in [0.2, 0.25) is 5.88 Å². The molecule has 0 N–H and O–H groups in total. The Morgan fingerprint density at radius 1 is 1.27 bits per heavy atom. The number of aryl methyl sites for hydroxylation is 1. The van der Waals surface area contributed by atoms with Gasteiger partial charge in [0.05, 0.1) is 13.2 Å². The average molecular weight is 375 g/mol. The third-order valence-electron chi connectivity index (χ3n) is 5.08. The number of ether oxygens (including phenoxy) is 1. The van der Waals surface area contributed by atoms with Gasteiger partial charge in [0, 0.05) is 45.0 Å². The highest BCUT2D eigenvalue weighted by molar-refractivity contribution is 7.96. The maximum atomic E-state index is 5.44. The third kappa shape index (κ3) is 4.08. The number of hydrogen-bond acceptors (Lipinski definition) is 5. The molecule has 1 aromatic carbocycles. The maximum Gasteiger partial charge on any atom is 0.237 e. The summed E-state index contributed by atoms with van der Waals surface area (Å²) in [5, 5.41) is 4.39. The predicted molar refractivity (Wildman–Crippen MR) is 109 cm³/mol. The van der Waals surface area contributed by atoms with Crippen molar-refractivity contribution in [3.63, 3.8) is 0 Å². The number of benzene rings is 1. The van der Waals surface area contributed by atoms with Crippen molar-refractivity contribution >= 4 is 11.9 Å². The van der Waals surface area contributed by atoms with Crippen LogP contribution >= 0.6 is 11.9 Å². The number of aromatic nitrogens is 2. The fourth-order valence-corrected chi connectivity index (χ4v) is 4.52. The van der Waals surface area contributed by atoms with E-state index < -0.39 is 0 Å². The van der Waals surface area contributed by atoms with Gasteiger partial charge < -0.3 is 4.74 Å². The molecule has 1 unspecified atom stereocenters. The highest BCUT2D eigenvalue weighted by atomic mass is 32.2. The van der Waals surface area contributed by atoms with Gasteiger partial charge in [-0.25, -0.2) is 4.31 Å². The van der Waals surface area contributed by atoms with Crippen molar-refractivity contribution in [2.45, 2.75) is 32.4 Å². The number of methoxy groups -OCH3 is 1. The van der Waals surface area contributed by atoms with Crippen molar-refractivity contribution in [2.75, 3.05) is 33.0 Å². The highest BCUT2D eigenvalue weighted by Crippen LogP contribution is 2.35. The van der Waals surface area contributed by atoms with Crippen molar-refractivity contribution in [1.82, 2.24) is 19.0 Å². The monoisotopic (exact) mass is 374 g/mol. The minimum Gasteiger partial charge on any atom is -0.480 e. The molecule has 26 heavy (non-hydrogen) atoms. The third-order valence-corrected chi connectivity index (χ3v) is 5.99. The van der Waals surface area contributed by atoms with E-state index in [-0.39, 0.29) is 0 Å². The molecule has 1 saturated heterocycles. The van der Waals surface area contributed by atoms with Gasteiger partial charge in [-0.05, 0) is 23.3 Å². The Morgan fingerprint density at radius 2 is 2.04 bits per heavy atom. The molecule has 5 nitrogen and oxygen atoms in total. The van der Waals surface area contributed by atoms with Gasteiger partial charge in [-0.3, -0.25) is 9.58 Å². The first-order chi connectivity index (χ1) is 12.5. The average Bonchev–Trinajstić information content (AvgIpc) is 3.01. The fraction of sp³-hybridized carbons (Fsp3) is 0.550. The normalized spacial score (nSPS) is 19.2. The van der Waals surface area contributed by atoms with Crippen molar-refractivity contribution in [2.24, 2.45) is 7.05 Å². The van der Waals surface area contributed by atoms with Gasteiger partial charge in [0.25, 0.3) is 0 Å². The molecule has 0 saturated carbocycles. The van der Waals surface area contributed by atoms with E-state index >= 15 is 0 Å². The van der Waals surface area contributed by atoms with Crippen LogP contribution in [0.25, 0.3) is 0 Å². The van der Waals surface area contributed by atoms with Crippen molar-refractivity contribution in [3.05, 3.63) is 47.2 Å². The summed E-state index contributed by atoms with van der Waals surface area (Å²) < 4.78 is 9.80. The molecule has 6 heteroatoms. The van der Waals surface area contributed by atoms with E-state index in [1.54, 1.807) is 7.11 Å². The Kier molecular flexibility index (Phi) is 6.27. The van der Waals surface area contributed by atoms with Gasteiger partial charge >= 0.3 is 0 Å². The Morgan fingerprint density at radius 3 is 2.73 bits per heavy atom. The SMILES string of the molecule is COc1nn(C)cc1CN1CCN(SC)C(c2ccccc2C(C)C)C1. The van der Waals surface area contributed by atoms with Gasteiger partial charge in [-0.15, -0.1) is 5.10 Å². The van der Waals surface area contributed by atoms with Crippen LogP contribution < -0.4 is 4.74 Å². The van der Waals surface area contributed by atoms with E-state index in [1.807, 2.05) is 23.7 Å². The maximum absolute atomic E-state index is 5.44. The standard InChI is InChI=1S/C20H30N4OS/c1-15(2)17-8-6-7-9-18(17)19-14-23(10-11-24(19)26-5)13-16-12-22(3)21-20(16)25-4/h6-9,12,15,19H,10-11,13-14H2,1-5H3. The first-order valence-corrected chi connectivity index (χ1v) is 10.4. The van der Waals surface area contributed by atoms with Gasteiger partial charge in [-0.1, -0.05) is 50.1 Å². The first-order valence-electron chi connectivity index (χ1n) is 9.22. The molecule has 3 rings (SSSR count). The zero-order valence-electron chi connectivity index (χ0n) is 16.5. The molecule has 0 spiro atoms. The van der Waals surface area contributed by atoms with Crippen molar-refractivity contribution in [1.29, 1.82) is 0 Å². The van der Waals surface area contributed by atoms with Crippen molar-refractivity contribution < 1.29 is 4.74 Å². The zero-order valence-corrected chi connectivity index (χ0v) is 17.3. The van der Waals surface area contributed by atoms with E-state index in [2.05, 4.69) is 64.9 Å². The molecule has 1 aliphatic rings. The summed E-state index contributed by atoms with van der Waals surface area (Å²) in [5.41, 5.74) is 4.07. The molecule has 1 aromatic heterocycles. The molecule has 2 aromatic rings. The van der Waals surface area contributed by atoms with E-state index in [1.165, 1.54) is 11.1 Å². The van der Waals surface area contributed by atoms with Crippen LogP contribution in [0.5, 0.6) is 5.88 Å². The lowest BCUT2D eigenvalue weighted by molar-refractivity contribution is 0.136. The molecule has 0 aliphatic carbocycles. The summed E-state index contributed by atoms with van der Waals surface area (Å²) in [6.45, 7) is 8.56. The van der Waals surface area contributed by atoms with Crippen LogP contribution in [0.15, 0.2) is 30.5 Å². The summed E-state index contributed by atoms with van der Waals surface area (Å²) in [4.78, 5) is 2.52. The van der Waals surface area contributed by atoms with Gasteiger partial charge in [0.1, 0.15) is 0 Å². The lowest BCUT2D eigenvalue weighted by Crippen LogP contribution is -2.45. The molecular weight excluding hydrogens is 344 g/mol.